The predicted molar refractivity (Wildman–Crippen MR) is 68.8 cm³/mol. The monoisotopic (exact) mass is 302 g/mol. The zero-order valence-electron chi connectivity index (χ0n) is 9.25. The SMILES string of the molecule is O=C(O)c1c(F)cc(-c2c(Cl)cccc2Cl)cc1F. The second-order valence-electron chi connectivity index (χ2n) is 3.72. The Morgan fingerprint density at radius 2 is 1.53 bits per heavy atom. The van der Waals surface area contributed by atoms with E-state index in [1.54, 1.807) is 6.07 Å². The highest BCUT2D eigenvalue weighted by Crippen LogP contribution is 2.35. The molecule has 0 heterocycles. The Morgan fingerprint density at radius 3 is 1.95 bits per heavy atom. The van der Waals surface area contributed by atoms with E-state index in [2.05, 4.69) is 0 Å². The third-order valence-electron chi connectivity index (χ3n) is 2.51. The lowest BCUT2D eigenvalue weighted by molar-refractivity contribution is 0.0686. The summed E-state index contributed by atoms with van der Waals surface area (Å²) >= 11 is 11.9. The van der Waals surface area contributed by atoms with E-state index in [1.807, 2.05) is 0 Å². The largest absolute Gasteiger partial charge is 0.477 e. The molecule has 0 saturated carbocycles. The Balaban J connectivity index is 2.69. The number of hydrogen-bond donors (Lipinski definition) is 1. The van der Waals surface area contributed by atoms with Gasteiger partial charge in [0.05, 0.1) is 0 Å². The first-order valence-electron chi connectivity index (χ1n) is 5.08. The molecule has 2 rings (SSSR count). The van der Waals surface area contributed by atoms with Crippen molar-refractivity contribution < 1.29 is 18.7 Å². The van der Waals surface area contributed by atoms with Crippen molar-refractivity contribution in [2.45, 2.75) is 0 Å². The van der Waals surface area contributed by atoms with Crippen molar-refractivity contribution in [1.29, 1.82) is 0 Å². The van der Waals surface area contributed by atoms with Gasteiger partial charge in [-0.05, 0) is 29.8 Å². The van der Waals surface area contributed by atoms with E-state index in [0.29, 0.717) is 0 Å². The number of hydrogen-bond acceptors (Lipinski definition) is 1. The van der Waals surface area contributed by atoms with Gasteiger partial charge < -0.3 is 5.11 Å². The van der Waals surface area contributed by atoms with E-state index in [9.17, 15) is 13.6 Å². The van der Waals surface area contributed by atoms with Crippen LogP contribution in [0.3, 0.4) is 0 Å². The molecular formula is C13H6Cl2F2O2. The molecule has 0 saturated heterocycles. The minimum Gasteiger partial charge on any atom is -0.477 e. The Bertz CT molecular complexity index is 628. The Kier molecular flexibility index (Phi) is 3.73. The van der Waals surface area contributed by atoms with E-state index in [1.165, 1.54) is 12.1 Å². The van der Waals surface area contributed by atoms with Crippen molar-refractivity contribution in [3.8, 4) is 11.1 Å². The van der Waals surface area contributed by atoms with Crippen LogP contribution >= 0.6 is 23.2 Å². The quantitative estimate of drug-likeness (QED) is 0.877. The summed E-state index contributed by atoms with van der Waals surface area (Å²) in [6, 6.07) is 6.40. The van der Waals surface area contributed by atoms with Crippen LogP contribution in [0.1, 0.15) is 10.4 Å². The number of carboxylic acid groups (broad SMARTS) is 1. The Hall–Kier alpha value is -1.65. The molecule has 0 atom stereocenters. The Morgan fingerprint density at radius 1 is 1.05 bits per heavy atom. The van der Waals surface area contributed by atoms with Crippen molar-refractivity contribution in [2.75, 3.05) is 0 Å². The van der Waals surface area contributed by atoms with Crippen molar-refractivity contribution in [3.63, 3.8) is 0 Å². The van der Waals surface area contributed by atoms with Gasteiger partial charge in [0.1, 0.15) is 17.2 Å². The normalized spacial score (nSPS) is 10.5. The maximum atomic E-state index is 13.6. The highest BCUT2D eigenvalue weighted by molar-refractivity contribution is 6.39. The number of halogens is 4. The number of carbonyl (C=O) groups is 1. The molecule has 0 aliphatic heterocycles. The highest BCUT2D eigenvalue weighted by Gasteiger charge is 2.19. The summed E-state index contributed by atoms with van der Waals surface area (Å²) in [4.78, 5) is 10.7. The third kappa shape index (κ3) is 2.55. The van der Waals surface area contributed by atoms with Crippen molar-refractivity contribution in [2.24, 2.45) is 0 Å². The van der Waals surface area contributed by atoms with Crippen LogP contribution in [0.5, 0.6) is 0 Å². The lowest BCUT2D eigenvalue weighted by Crippen LogP contribution is -2.05. The van der Waals surface area contributed by atoms with E-state index in [-0.39, 0.29) is 21.2 Å². The fourth-order valence-electron chi connectivity index (χ4n) is 1.70. The maximum absolute atomic E-state index is 13.6. The zero-order valence-corrected chi connectivity index (χ0v) is 10.8. The molecule has 19 heavy (non-hydrogen) atoms. The number of carboxylic acids is 1. The molecule has 2 aromatic carbocycles. The van der Waals surface area contributed by atoms with Gasteiger partial charge in [0.25, 0.3) is 0 Å². The average Bonchev–Trinajstić information content (AvgIpc) is 2.26. The van der Waals surface area contributed by atoms with Crippen LogP contribution in [0.4, 0.5) is 8.78 Å². The molecule has 98 valence electrons. The third-order valence-corrected chi connectivity index (χ3v) is 3.14. The van der Waals surface area contributed by atoms with Gasteiger partial charge in [0.2, 0.25) is 0 Å². The summed E-state index contributed by atoms with van der Waals surface area (Å²) in [6.45, 7) is 0. The number of benzene rings is 2. The molecule has 0 aliphatic carbocycles. The molecule has 0 spiro atoms. The van der Waals surface area contributed by atoms with Crippen LogP contribution in [-0.4, -0.2) is 11.1 Å². The van der Waals surface area contributed by atoms with Crippen LogP contribution in [0.15, 0.2) is 30.3 Å². The first-order valence-corrected chi connectivity index (χ1v) is 5.84. The second-order valence-corrected chi connectivity index (χ2v) is 4.53. The van der Waals surface area contributed by atoms with Crippen LogP contribution in [0, 0.1) is 11.6 Å². The lowest BCUT2D eigenvalue weighted by Gasteiger charge is -2.09. The fraction of sp³-hybridized carbons (Fsp3) is 0. The van der Waals surface area contributed by atoms with Gasteiger partial charge in [-0.2, -0.15) is 0 Å². The van der Waals surface area contributed by atoms with Gasteiger partial charge in [-0.1, -0.05) is 29.3 Å². The summed E-state index contributed by atoms with van der Waals surface area (Å²) < 4.78 is 27.2. The van der Waals surface area contributed by atoms with Crippen molar-refractivity contribution >= 4 is 29.2 Å². The highest BCUT2D eigenvalue weighted by atomic mass is 35.5. The Labute approximate surface area is 117 Å². The van der Waals surface area contributed by atoms with Gasteiger partial charge >= 0.3 is 5.97 Å². The molecule has 0 radical (unpaired) electrons. The molecule has 2 nitrogen and oxygen atoms in total. The molecule has 0 aromatic heterocycles. The van der Waals surface area contributed by atoms with Crippen LogP contribution in [0.25, 0.3) is 11.1 Å². The summed E-state index contributed by atoms with van der Waals surface area (Å²) in [7, 11) is 0. The summed E-state index contributed by atoms with van der Waals surface area (Å²) in [5.41, 5.74) is -0.678. The van der Waals surface area contributed by atoms with E-state index >= 15 is 0 Å². The lowest BCUT2D eigenvalue weighted by atomic mass is 10.0. The van der Waals surface area contributed by atoms with Gasteiger partial charge in [-0.25, -0.2) is 13.6 Å². The summed E-state index contributed by atoms with van der Waals surface area (Å²) in [5, 5.41) is 9.12. The molecule has 0 amide bonds. The van der Waals surface area contributed by atoms with E-state index in [4.69, 9.17) is 28.3 Å². The van der Waals surface area contributed by atoms with Crippen LogP contribution in [0.2, 0.25) is 10.0 Å². The topological polar surface area (TPSA) is 37.3 Å². The van der Waals surface area contributed by atoms with E-state index in [0.717, 1.165) is 12.1 Å². The summed E-state index contributed by atoms with van der Waals surface area (Å²) in [5.74, 6) is -4.04. The molecule has 0 unspecified atom stereocenters. The number of rotatable bonds is 2. The smallest absolute Gasteiger partial charge is 0.341 e. The van der Waals surface area contributed by atoms with Gasteiger partial charge in [-0.15, -0.1) is 0 Å². The standard InChI is InChI=1S/C13H6Cl2F2O2/c14-7-2-1-3-8(15)11(7)6-4-9(16)12(13(18)19)10(17)5-6/h1-5H,(H,18,19). The van der Waals surface area contributed by atoms with Gasteiger partial charge in [0.15, 0.2) is 0 Å². The van der Waals surface area contributed by atoms with Crippen LogP contribution in [-0.2, 0) is 0 Å². The average molecular weight is 303 g/mol. The minimum absolute atomic E-state index is 0.0793. The van der Waals surface area contributed by atoms with Gasteiger partial charge in [-0.3, -0.25) is 0 Å². The molecule has 1 N–H and O–H groups in total. The van der Waals surface area contributed by atoms with Crippen molar-refractivity contribution in [1.82, 2.24) is 0 Å². The number of aromatic carboxylic acids is 1. The molecular weight excluding hydrogens is 297 g/mol. The fourth-order valence-corrected chi connectivity index (χ4v) is 2.31. The molecule has 0 aliphatic rings. The van der Waals surface area contributed by atoms with E-state index < -0.39 is 23.2 Å². The molecule has 2 aromatic rings. The van der Waals surface area contributed by atoms with Crippen LogP contribution < -0.4 is 0 Å². The van der Waals surface area contributed by atoms with Crippen molar-refractivity contribution in [3.05, 3.63) is 57.6 Å². The molecule has 0 fully saturated rings. The second kappa shape index (κ2) is 5.15. The zero-order chi connectivity index (χ0) is 14.2. The predicted octanol–water partition coefficient (Wildman–Crippen LogP) is 4.64. The van der Waals surface area contributed by atoms with Gasteiger partial charge in [0, 0.05) is 15.6 Å². The first kappa shape index (κ1) is 13.8. The maximum Gasteiger partial charge on any atom is 0.341 e. The first-order chi connectivity index (χ1) is 8.91. The minimum atomic E-state index is -1.67. The summed E-state index contributed by atoms with van der Waals surface area (Å²) in [6.07, 6.45) is 0. The molecule has 6 heteroatoms. The molecule has 0 bridgehead atoms.